The van der Waals surface area contributed by atoms with Gasteiger partial charge in [-0.25, -0.2) is 0 Å². The van der Waals surface area contributed by atoms with Gasteiger partial charge in [-0.05, 0) is 54.2 Å². The van der Waals surface area contributed by atoms with Gasteiger partial charge in [-0.2, -0.15) is 0 Å². The Morgan fingerprint density at radius 3 is 2.56 bits per heavy atom. The monoisotopic (exact) mass is 455 g/mol. The van der Waals surface area contributed by atoms with E-state index in [0.717, 1.165) is 42.4 Å². The smallest absolute Gasteiger partial charge is 0.303 e. The maximum atomic E-state index is 12.3. The van der Waals surface area contributed by atoms with Crippen LogP contribution in [0.15, 0.2) is 60.7 Å². The Morgan fingerprint density at radius 1 is 1.09 bits per heavy atom. The molecule has 0 aliphatic carbocycles. The molecule has 3 rings (SSSR count). The minimum Gasteiger partial charge on any atom is -0.481 e. The Labute approximate surface area is 194 Å². The van der Waals surface area contributed by atoms with Crippen molar-refractivity contribution in [2.24, 2.45) is 0 Å². The number of carboxylic acid groups (broad SMARTS) is 1. The highest BCUT2D eigenvalue weighted by molar-refractivity contribution is 6.30. The summed E-state index contributed by atoms with van der Waals surface area (Å²) in [5.74, 6) is -0.621. The molecule has 1 fully saturated rings. The number of aliphatic hydroxyl groups is 1. The average Bonchev–Trinajstić information content (AvgIpc) is 3.13. The molecule has 0 bridgehead atoms. The van der Waals surface area contributed by atoms with Crippen LogP contribution in [0, 0.1) is 0 Å². The standard InChI is InChI=1S/C26H30ClNO4/c27-22-10-6-8-20(18-22)19-7-5-9-21(17-19)24(29)14-12-23-13-15-25(30)28(23)16-4-2-1-3-11-26(31)32/h5-10,12,14,17-18,23-24,29H,1-4,11,13,15-16H2,(H,31,32)/b14-12+/t23?,24-/m1/s1. The van der Waals surface area contributed by atoms with Crippen LogP contribution in [-0.2, 0) is 9.59 Å². The predicted octanol–water partition coefficient (Wildman–Crippen LogP) is 5.62. The van der Waals surface area contributed by atoms with E-state index in [1.165, 1.54) is 0 Å². The highest BCUT2D eigenvalue weighted by Crippen LogP contribution is 2.27. The van der Waals surface area contributed by atoms with Crippen molar-refractivity contribution >= 4 is 23.5 Å². The van der Waals surface area contributed by atoms with Gasteiger partial charge >= 0.3 is 5.97 Å². The lowest BCUT2D eigenvalue weighted by atomic mass is 10.00. The van der Waals surface area contributed by atoms with Crippen LogP contribution in [0.3, 0.4) is 0 Å². The van der Waals surface area contributed by atoms with E-state index < -0.39 is 12.1 Å². The molecule has 1 unspecified atom stereocenters. The predicted molar refractivity (Wildman–Crippen MR) is 126 cm³/mol. The number of carbonyl (C=O) groups is 2. The lowest BCUT2D eigenvalue weighted by Gasteiger charge is -2.22. The summed E-state index contributed by atoms with van der Waals surface area (Å²) in [7, 11) is 0. The molecule has 2 N–H and O–H groups in total. The molecule has 1 aliphatic heterocycles. The first-order chi connectivity index (χ1) is 15.4. The van der Waals surface area contributed by atoms with Crippen LogP contribution >= 0.6 is 11.6 Å². The number of hydrogen-bond acceptors (Lipinski definition) is 3. The van der Waals surface area contributed by atoms with E-state index in [1.807, 2.05) is 59.5 Å². The molecule has 170 valence electrons. The second-order valence-corrected chi connectivity index (χ2v) is 8.65. The van der Waals surface area contributed by atoms with Crippen LogP contribution in [-0.4, -0.2) is 39.6 Å². The Hall–Kier alpha value is -2.63. The lowest BCUT2D eigenvalue weighted by Crippen LogP contribution is -2.32. The summed E-state index contributed by atoms with van der Waals surface area (Å²) in [6.07, 6.45) is 7.72. The van der Waals surface area contributed by atoms with Gasteiger partial charge in [0.15, 0.2) is 0 Å². The number of unbranched alkanes of at least 4 members (excludes halogenated alkanes) is 3. The molecule has 1 amide bonds. The van der Waals surface area contributed by atoms with E-state index in [0.29, 0.717) is 24.4 Å². The number of aliphatic carboxylic acids is 1. The van der Waals surface area contributed by atoms with Crippen molar-refractivity contribution in [2.45, 2.75) is 57.1 Å². The van der Waals surface area contributed by atoms with E-state index in [9.17, 15) is 14.7 Å². The lowest BCUT2D eigenvalue weighted by molar-refractivity contribution is -0.137. The molecular formula is C26H30ClNO4. The molecule has 0 spiro atoms. The third-order valence-corrected chi connectivity index (χ3v) is 6.05. The van der Waals surface area contributed by atoms with Crippen LogP contribution in [0.25, 0.3) is 11.1 Å². The number of aliphatic hydroxyl groups excluding tert-OH is 1. The van der Waals surface area contributed by atoms with Crippen LogP contribution in [0.1, 0.15) is 56.6 Å². The molecule has 2 aromatic rings. The first-order valence-electron chi connectivity index (χ1n) is 11.2. The fourth-order valence-electron chi connectivity index (χ4n) is 4.07. The molecule has 6 heteroatoms. The minimum atomic E-state index is -0.762. The molecule has 2 aromatic carbocycles. The molecule has 0 saturated carbocycles. The zero-order chi connectivity index (χ0) is 22.9. The Balaban J connectivity index is 1.57. The largest absolute Gasteiger partial charge is 0.481 e. The summed E-state index contributed by atoms with van der Waals surface area (Å²) in [5.41, 5.74) is 2.76. The first kappa shape index (κ1) is 24.0. The quantitative estimate of drug-likeness (QED) is 0.340. The number of rotatable bonds is 11. The number of carboxylic acids is 1. The summed E-state index contributed by atoms with van der Waals surface area (Å²) in [6, 6.07) is 15.3. The molecule has 1 saturated heterocycles. The van der Waals surface area contributed by atoms with Crippen LogP contribution in [0.4, 0.5) is 0 Å². The van der Waals surface area contributed by atoms with Crippen LogP contribution in [0.2, 0.25) is 5.02 Å². The second kappa shape index (κ2) is 11.8. The highest BCUT2D eigenvalue weighted by Gasteiger charge is 2.28. The number of benzene rings is 2. The molecule has 0 radical (unpaired) electrons. The first-order valence-corrected chi connectivity index (χ1v) is 11.6. The van der Waals surface area contributed by atoms with Gasteiger partial charge in [0.25, 0.3) is 0 Å². The van der Waals surface area contributed by atoms with Crippen molar-refractivity contribution in [3.05, 3.63) is 71.3 Å². The van der Waals surface area contributed by atoms with Gasteiger partial charge < -0.3 is 15.1 Å². The van der Waals surface area contributed by atoms with Crippen molar-refractivity contribution in [1.82, 2.24) is 4.90 Å². The van der Waals surface area contributed by atoms with Gasteiger partial charge in [0.2, 0.25) is 5.91 Å². The van der Waals surface area contributed by atoms with Crippen LogP contribution in [0.5, 0.6) is 0 Å². The Bertz CT molecular complexity index is 958. The summed E-state index contributed by atoms with van der Waals surface area (Å²) in [4.78, 5) is 24.7. The zero-order valence-electron chi connectivity index (χ0n) is 18.1. The average molecular weight is 456 g/mol. The molecular weight excluding hydrogens is 426 g/mol. The molecule has 1 heterocycles. The summed E-state index contributed by atoms with van der Waals surface area (Å²) < 4.78 is 0. The summed E-state index contributed by atoms with van der Waals surface area (Å²) in [5, 5.41) is 20.1. The zero-order valence-corrected chi connectivity index (χ0v) is 18.9. The summed E-state index contributed by atoms with van der Waals surface area (Å²) >= 11 is 6.10. The van der Waals surface area contributed by atoms with Crippen molar-refractivity contribution in [3.8, 4) is 11.1 Å². The van der Waals surface area contributed by atoms with Gasteiger partial charge in [0.05, 0.1) is 12.1 Å². The van der Waals surface area contributed by atoms with Crippen LogP contribution < -0.4 is 0 Å². The highest BCUT2D eigenvalue weighted by atomic mass is 35.5. The number of nitrogens with zero attached hydrogens (tertiary/aromatic N) is 1. The van der Waals surface area contributed by atoms with E-state index >= 15 is 0 Å². The third kappa shape index (κ3) is 6.94. The fraction of sp³-hybridized carbons (Fsp3) is 0.385. The molecule has 2 atom stereocenters. The van der Waals surface area contributed by atoms with Crippen molar-refractivity contribution in [3.63, 3.8) is 0 Å². The van der Waals surface area contributed by atoms with Gasteiger partial charge in [-0.1, -0.05) is 66.9 Å². The van der Waals surface area contributed by atoms with Gasteiger partial charge in [0.1, 0.15) is 0 Å². The maximum absolute atomic E-state index is 12.3. The SMILES string of the molecule is O=C(O)CCCCCCN1C(=O)CCC1/C=C/[C@@H](O)c1cccc(-c2cccc(Cl)c2)c1. The molecule has 0 aromatic heterocycles. The number of likely N-dealkylation sites (tertiary alicyclic amines) is 1. The topological polar surface area (TPSA) is 77.8 Å². The molecule has 5 nitrogen and oxygen atoms in total. The van der Waals surface area contributed by atoms with Crippen molar-refractivity contribution < 1.29 is 19.8 Å². The van der Waals surface area contributed by atoms with Crippen molar-refractivity contribution in [1.29, 1.82) is 0 Å². The molecule has 32 heavy (non-hydrogen) atoms. The number of amides is 1. The minimum absolute atomic E-state index is 0.00715. The fourth-order valence-corrected chi connectivity index (χ4v) is 4.26. The summed E-state index contributed by atoms with van der Waals surface area (Å²) in [6.45, 7) is 0.668. The van der Waals surface area contributed by atoms with Gasteiger partial charge in [-0.3, -0.25) is 9.59 Å². The van der Waals surface area contributed by atoms with Gasteiger partial charge in [-0.15, -0.1) is 0 Å². The Kier molecular flexibility index (Phi) is 8.89. The Morgan fingerprint density at radius 2 is 1.81 bits per heavy atom. The third-order valence-electron chi connectivity index (χ3n) is 5.82. The number of carbonyl (C=O) groups excluding carboxylic acids is 1. The molecule has 1 aliphatic rings. The van der Waals surface area contributed by atoms with Crippen molar-refractivity contribution in [2.75, 3.05) is 6.54 Å². The normalized spacial score (nSPS) is 17.2. The number of hydrogen-bond donors (Lipinski definition) is 2. The van der Waals surface area contributed by atoms with E-state index in [-0.39, 0.29) is 18.4 Å². The van der Waals surface area contributed by atoms with E-state index in [4.69, 9.17) is 16.7 Å². The van der Waals surface area contributed by atoms with Gasteiger partial charge in [0, 0.05) is 24.4 Å². The number of halogens is 1. The van der Waals surface area contributed by atoms with E-state index in [2.05, 4.69) is 0 Å². The maximum Gasteiger partial charge on any atom is 0.303 e. The van der Waals surface area contributed by atoms with E-state index in [1.54, 1.807) is 6.08 Å². The second-order valence-electron chi connectivity index (χ2n) is 8.22.